The topological polar surface area (TPSA) is 71.5 Å². The van der Waals surface area contributed by atoms with E-state index in [0.717, 1.165) is 11.1 Å². The molecule has 5 heteroatoms. The van der Waals surface area contributed by atoms with Crippen LogP contribution in [-0.4, -0.2) is 29.7 Å². The van der Waals surface area contributed by atoms with Crippen molar-refractivity contribution in [3.05, 3.63) is 59.9 Å². The molecule has 0 fully saturated rings. The van der Waals surface area contributed by atoms with Crippen LogP contribution < -0.4 is 10.1 Å². The third-order valence-electron chi connectivity index (χ3n) is 3.21. The lowest BCUT2D eigenvalue weighted by molar-refractivity contribution is -0.123. The second-order valence-corrected chi connectivity index (χ2v) is 4.59. The second kappa shape index (κ2) is 7.40. The highest BCUT2D eigenvalue weighted by Gasteiger charge is 2.19. The van der Waals surface area contributed by atoms with Crippen molar-refractivity contribution in [1.82, 2.24) is 10.3 Å². The van der Waals surface area contributed by atoms with Crippen LogP contribution in [0.15, 0.2) is 48.8 Å². The first-order valence-electron chi connectivity index (χ1n) is 6.66. The lowest BCUT2D eigenvalue weighted by atomic mass is 9.98. The zero-order valence-electron chi connectivity index (χ0n) is 11.8. The summed E-state index contributed by atoms with van der Waals surface area (Å²) in [5.74, 6) is -0.169. The molecule has 2 rings (SSSR count). The number of pyridine rings is 1. The molecule has 0 aliphatic carbocycles. The fourth-order valence-corrected chi connectivity index (χ4v) is 2.01. The Bertz CT molecular complexity index is 587. The van der Waals surface area contributed by atoms with Gasteiger partial charge in [-0.2, -0.15) is 0 Å². The van der Waals surface area contributed by atoms with Gasteiger partial charge >= 0.3 is 0 Å². The molecule has 5 nitrogen and oxygen atoms in total. The molecular weight excluding hydrogens is 268 g/mol. The van der Waals surface area contributed by atoms with E-state index < -0.39 is 5.92 Å². The van der Waals surface area contributed by atoms with Crippen molar-refractivity contribution in [2.24, 2.45) is 0 Å². The first kappa shape index (κ1) is 15.0. The second-order valence-electron chi connectivity index (χ2n) is 4.59. The highest BCUT2D eigenvalue weighted by molar-refractivity contribution is 5.83. The van der Waals surface area contributed by atoms with E-state index in [0.29, 0.717) is 12.3 Å². The molecule has 1 aromatic carbocycles. The van der Waals surface area contributed by atoms with Gasteiger partial charge in [0.05, 0.1) is 19.6 Å². The molecule has 1 amide bonds. The summed E-state index contributed by atoms with van der Waals surface area (Å²) in [7, 11) is 1.57. The maximum absolute atomic E-state index is 12.2. The number of hydrogen-bond acceptors (Lipinski definition) is 4. The van der Waals surface area contributed by atoms with Crippen LogP contribution in [0.3, 0.4) is 0 Å². The number of carbonyl (C=O) groups excluding carboxylic acids is 1. The monoisotopic (exact) mass is 286 g/mol. The minimum Gasteiger partial charge on any atom is -0.497 e. The van der Waals surface area contributed by atoms with Gasteiger partial charge in [-0.25, -0.2) is 0 Å². The lowest BCUT2D eigenvalue weighted by Crippen LogP contribution is -2.30. The summed E-state index contributed by atoms with van der Waals surface area (Å²) in [6, 6.07) is 10.8. The van der Waals surface area contributed by atoms with E-state index in [4.69, 9.17) is 4.74 Å². The molecule has 0 saturated carbocycles. The first-order chi connectivity index (χ1) is 10.2. The van der Waals surface area contributed by atoms with Crippen molar-refractivity contribution in [3.8, 4) is 5.75 Å². The van der Waals surface area contributed by atoms with E-state index in [9.17, 15) is 9.90 Å². The fraction of sp³-hybridized carbons (Fsp3) is 0.250. The van der Waals surface area contributed by atoms with Crippen molar-refractivity contribution in [1.29, 1.82) is 0 Å². The molecule has 2 N–H and O–H groups in total. The standard InChI is InChI=1S/C16H18N2O3/c1-21-14-4-2-3-13(9-14)15(11-19)16(20)18-10-12-5-7-17-8-6-12/h2-9,15,19H,10-11H2,1H3,(H,18,20). The van der Waals surface area contributed by atoms with E-state index in [2.05, 4.69) is 10.3 Å². The number of rotatable bonds is 6. The maximum Gasteiger partial charge on any atom is 0.230 e. The quantitative estimate of drug-likeness (QED) is 0.844. The van der Waals surface area contributed by atoms with Crippen molar-refractivity contribution in [2.75, 3.05) is 13.7 Å². The average Bonchev–Trinajstić information content (AvgIpc) is 2.55. The number of nitrogens with zero attached hydrogens (tertiary/aromatic N) is 1. The van der Waals surface area contributed by atoms with Crippen molar-refractivity contribution in [2.45, 2.75) is 12.5 Å². The number of aromatic nitrogens is 1. The summed E-state index contributed by atoms with van der Waals surface area (Å²) in [5, 5.41) is 12.3. The van der Waals surface area contributed by atoms with Gasteiger partial charge < -0.3 is 15.2 Å². The van der Waals surface area contributed by atoms with Crippen LogP contribution in [0.4, 0.5) is 0 Å². The number of hydrogen-bond donors (Lipinski definition) is 2. The summed E-state index contributed by atoms with van der Waals surface area (Å²) >= 11 is 0. The molecule has 110 valence electrons. The number of aliphatic hydroxyl groups excluding tert-OH is 1. The average molecular weight is 286 g/mol. The fourth-order valence-electron chi connectivity index (χ4n) is 2.01. The van der Waals surface area contributed by atoms with E-state index in [1.165, 1.54) is 0 Å². The van der Waals surface area contributed by atoms with Crippen LogP contribution in [0.5, 0.6) is 5.75 Å². The van der Waals surface area contributed by atoms with E-state index in [1.807, 2.05) is 12.1 Å². The molecule has 0 radical (unpaired) electrons. The molecule has 1 heterocycles. The summed E-state index contributed by atoms with van der Waals surface area (Å²) in [4.78, 5) is 16.1. The Kier molecular flexibility index (Phi) is 5.29. The van der Waals surface area contributed by atoms with Gasteiger partial charge in [0.25, 0.3) is 0 Å². The predicted molar refractivity (Wildman–Crippen MR) is 78.9 cm³/mol. The van der Waals surface area contributed by atoms with Crippen molar-refractivity contribution < 1.29 is 14.6 Å². The van der Waals surface area contributed by atoms with Gasteiger partial charge in [0.15, 0.2) is 0 Å². The molecule has 0 bridgehead atoms. The molecule has 0 aliphatic rings. The number of aliphatic hydroxyl groups is 1. The number of benzene rings is 1. The third-order valence-corrected chi connectivity index (χ3v) is 3.21. The van der Waals surface area contributed by atoms with Gasteiger partial charge in [0.1, 0.15) is 5.75 Å². The van der Waals surface area contributed by atoms with E-state index >= 15 is 0 Å². The highest BCUT2D eigenvalue weighted by atomic mass is 16.5. The van der Waals surface area contributed by atoms with Gasteiger partial charge in [-0.05, 0) is 35.4 Å². The third kappa shape index (κ3) is 4.03. The molecule has 0 spiro atoms. The predicted octanol–water partition coefficient (Wildman–Crippen LogP) is 1.48. The molecule has 21 heavy (non-hydrogen) atoms. The molecule has 0 aliphatic heterocycles. The number of methoxy groups -OCH3 is 1. The Balaban J connectivity index is 2.04. The van der Waals surface area contributed by atoms with Gasteiger partial charge in [0.2, 0.25) is 5.91 Å². The minimum atomic E-state index is -0.609. The number of ether oxygens (including phenoxy) is 1. The van der Waals surface area contributed by atoms with E-state index in [-0.39, 0.29) is 12.5 Å². The molecule has 0 saturated heterocycles. The Morgan fingerprint density at radius 3 is 2.76 bits per heavy atom. The molecule has 1 unspecified atom stereocenters. The normalized spacial score (nSPS) is 11.7. The van der Waals surface area contributed by atoms with Crippen molar-refractivity contribution >= 4 is 5.91 Å². The zero-order chi connectivity index (χ0) is 15.1. The molecular formula is C16H18N2O3. The number of amides is 1. The SMILES string of the molecule is COc1cccc(C(CO)C(=O)NCc2ccncc2)c1. The van der Waals surface area contributed by atoms with Crippen LogP contribution >= 0.6 is 0 Å². The van der Waals surface area contributed by atoms with Crippen LogP contribution in [0.25, 0.3) is 0 Å². The maximum atomic E-state index is 12.2. The van der Waals surface area contributed by atoms with Crippen LogP contribution in [-0.2, 0) is 11.3 Å². The van der Waals surface area contributed by atoms with Gasteiger partial charge in [-0.3, -0.25) is 9.78 Å². The number of carbonyl (C=O) groups is 1. The summed E-state index contributed by atoms with van der Waals surface area (Å²) in [6.45, 7) is 0.150. The number of nitrogens with one attached hydrogen (secondary N) is 1. The zero-order valence-corrected chi connectivity index (χ0v) is 11.8. The van der Waals surface area contributed by atoms with Gasteiger partial charge in [-0.15, -0.1) is 0 Å². The molecule has 2 aromatic rings. The summed E-state index contributed by atoms with van der Waals surface area (Å²) in [5.41, 5.74) is 1.68. The smallest absolute Gasteiger partial charge is 0.230 e. The van der Waals surface area contributed by atoms with Crippen LogP contribution in [0.2, 0.25) is 0 Å². The lowest BCUT2D eigenvalue weighted by Gasteiger charge is -2.15. The highest BCUT2D eigenvalue weighted by Crippen LogP contribution is 2.21. The Morgan fingerprint density at radius 2 is 2.10 bits per heavy atom. The first-order valence-corrected chi connectivity index (χ1v) is 6.66. The Labute approximate surface area is 123 Å². The Hall–Kier alpha value is -2.40. The summed E-state index contributed by atoms with van der Waals surface area (Å²) < 4.78 is 5.14. The largest absolute Gasteiger partial charge is 0.497 e. The van der Waals surface area contributed by atoms with Crippen LogP contribution in [0.1, 0.15) is 17.0 Å². The van der Waals surface area contributed by atoms with Gasteiger partial charge in [0, 0.05) is 18.9 Å². The molecule has 1 atom stereocenters. The van der Waals surface area contributed by atoms with Gasteiger partial charge in [-0.1, -0.05) is 12.1 Å². The van der Waals surface area contributed by atoms with E-state index in [1.54, 1.807) is 43.8 Å². The van der Waals surface area contributed by atoms with Crippen LogP contribution in [0, 0.1) is 0 Å². The molecule has 1 aromatic heterocycles. The Morgan fingerprint density at radius 1 is 1.33 bits per heavy atom. The minimum absolute atomic E-state index is 0.220. The summed E-state index contributed by atoms with van der Waals surface area (Å²) in [6.07, 6.45) is 3.35. The van der Waals surface area contributed by atoms with Crippen molar-refractivity contribution in [3.63, 3.8) is 0 Å².